The van der Waals surface area contributed by atoms with Crippen molar-refractivity contribution in [3.05, 3.63) is 145 Å². The van der Waals surface area contributed by atoms with Gasteiger partial charge in [0.25, 0.3) is 0 Å². The number of rotatable bonds is 2. The first-order valence-electron chi connectivity index (χ1n) is 13.8. The van der Waals surface area contributed by atoms with Crippen molar-refractivity contribution in [1.82, 2.24) is 0 Å². The molecule has 184 valence electrons. The van der Waals surface area contributed by atoms with E-state index in [1.54, 1.807) is 0 Å². The Balaban J connectivity index is 1.43. The van der Waals surface area contributed by atoms with Crippen molar-refractivity contribution in [3.8, 4) is 11.1 Å². The first kappa shape index (κ1) is 22.4. The summed E-state index contributed by atoms with van der Waals surface area (Å²) in [6, 6.07) is 49.4. The van der Waals surface area contributed by atoms with E-state index in [-0.39, 0.29) is 12.1 Å². The van der Waals surface area contributed by atoms with Gasteiger partial charge in [-0.05, 0) is 62.2 Å². The molecule has 2 aliphatic rings. The molecule has 39 heavy (non-hydrogen) atoms. The number of hydrogen-bond donors (Lipinski definition) is 0. The van der Waals surface area contributed by atoms with E-state index in [0.29, 0.717) is 0 Å². The summed E-state index contributed by atoms with van der Waals surface area (Å²) < 4.78 is 0. The zero-order chi connectivity index (χ0) is 26.1. The van der Waals surface area contributed by atoms with Crippen LogP contribution in [-0.4, -0.2) is 6.71 Å². The molecule has 0 unspecified atom stereocenters. The zero-order valence-corrected chi connectivity index (χ0v) is 22.2. The molecule has 0 spiro atoms. The largest absolute Gasteiger partial charge is 0.311 e. The van der Waals surface area contributed by atoms with Gasteiger partial charge in [0.1, 0.15) is 0 Å². The molecule has 0 aromatic heterocycles. The lowest BCUT2D eigenvalue weighted by molar-refractivity contribution is 0.632. The number of para-hydroxylation sites is 2. The standard InChI is InChI=1S/C37H28BN/c1-37(2)30-15-8-9-18-34(30)39-35-24-28(27-20-19-25-11-6-7-12-26(25)23-27)21-22-32(35)38(29-13-4-3-5-14-29)33-17-10-16-31(37)36(33)39/h3-24H,1-2H3. The minimum atomic E-state index is -0.0901. The van der Waals surface area contributed by atoms with Crippen LogP contribution in [0.5, 0.6) is 0 Å². The highest BCUT2D eigenvalue weighted by molar-refractivity contribution is 6.98. The van der Waals surface area contributed by atoms with Crippen molar-refractivity contribution >= 4 is 50.9 Å². The monoisotopic (exact) mass is 497 g/mol. The Kier molecular flexibility index (Phi) is 4.73. The van der Waals surface area contributed by atoms with E-state index in [4.69, 9.17) is 0 Å². The van der Waals surface area contributed by atoms with Crippen molar-refractivity contribution in [2.75, 3.05) is 4.90 Å². The molecule has 0 atom stereocenters. The number of nitrogens with zero attached hydrogens (tertiary/aromatic N) is 1. The number of fused-ring (bicyclic) bond motifs is 5. The zero-order valence-electron chi connectivity index (χ0n) is 22.2. The van der Waals surface area contributed by atoms with E-state index in [0.717, 1.165) is 0 Å². The first-order valence-corrected chi connectivity index (χ1v) is 13.8. The SMILES string of the molecule is CC1(C)c2ccccc2N2c3cc(-c4ccc5ccccc5c4)ccc3B(c3ccccc3)c3cccc1c32. The average molecular weight is 497 g/mol. The normalized spacial score (nSPS) is 14.5. The van der Waals surface area contributed by atoms with Crippen LogP contribution >= 0.6 is 0 Å². The molecule has 0 N–H and O–H groups in total. The fourth-order valence-electron chi connectivity index (χ4n) is 6.96. The Morgan fingerprint density at radius 2 is 1.21 bits per heavy atom. The van der Waals surface area contributed by atoms with Crippen molar-refractivity contribution in [1.29, 1.82) is 0 Å². The average Bonchev–Trinajstić information content (AvgIpc) is 2.99. The van der Waals surface area contributed by atoms with Gasteiger partial charge in [-0.2, -0.15) is 0 Å². The summed E-state index contributed by atoms with van der Waals surface area (Å²) in [5, 5.41) is 2.54. The molecule has 0 saturated heterocycles. The van der Waals surface area contributed by atoms with Crippen molar-refractivity contribution in [3.63, 3.8) is 0 Å². The molecule has 0 radical (unpaired) electrons. The predicted octanol–water partition coefficient (Wildman–Crippen LogP) is 7.45. The molecule has 0 saturated carbocycles. The molecular formula is C37H28BN. The molecule has 0 fully saturated rings. The molecule has 0 bridgehead atoms. The first-order chi connectivity index (χ1) is 19.1. The topological polar surface area (TPSA) is 3.24 Å². The second-order valence-electron chi connectivity index (χ2n) is 11.4. The van der Waals surface area contributed by atoms with E-state index < -0.39 is 0 Å². The maximum Gasteiger partial charge on any atom is 0.246 e. The third kappa shape index (κ3) is 3.21. The van der Waals surface area contributed by atoms with E-state index in [9.17, 15) is 0 Å². The van der Waals surface area contributed by atoms with Crippen LogP contribution in [0.3, 0.4) is 0 Å². The highest BCUT2D eigenvalue weighted by Gasteiger charge is 2.44. The third-order valence-corrected chi connectivity index (χ3v) is 8.89. The summed E-state index contributed by atoms with van der Waals surface area (Å²) in [6.07, 6.45) is 0. The lowest BCUT2D eigenvalue weighted by Gasteiger charge is -2.47. The minimum absolute atomic E-state index is 0.0901. The number of anilines is 3. The molecule has 6 aromatic rings. The fraction of sp³-hybridized carbons (Fsp3) is 0.0811. The maximum atomic E-state index is 2.55. The van der Waals surface area contributed by atoms with Crippen molar-refractivity contribution in [2.45, 2.75) is 19.3 Å². The molecule has 2 heterocycles. The van der Waals surface area contributed by atoms with Crippen LogP contribution in [0, 0.1) is 0 Å². The minimum Gasteiger partial charge on any atom is -0.311 e. The quantitative estimate of drug-likeness (QED) is 0.224. The molecule has 1 nitrogen and oxygen atoms in total. The summed E-state index contributed by atoms with van der Waals surface area (Å²) in [5.74, 6) is 0. The van der Waals surface area contributed by atoms with Gasteiger partial charge >= 0.3 is 0 Å². The van der Waals surface area contributed by atoms with Crippen LogP contribution in [0.2, 0.25) is 0 Å². The Morgan fingerprint density at radius 1 is 0.513 bits per heavy atom. The van der Waals surface area contributed by atoms with Gasteiger partial charge < -0.3 is 4.90 Å². The van der Waals surface area contributed by atoms with Crippen molar-refractivity contribution < 1.29 is 0 Å². The smallest absolute Gasteiger partial charge is 0.246 e. The van der Waals surface area contributed by atoms with Crippen molar-refractivity contribution in [2.24, 2.45) is 0 Å². The van der Waals surface area contributed by atoms with Crippen LogP contribution in [-0.2, 0) is 5.41 Å². The molecule has 2 aliphatic heterocycles. The summed E-state index contributed by atoms with van der Waals surface area (Å²) in [5.41, 5.74) is 13.1. The van der Waals surface area contributed by atoms with Gasteiger partial charge in [-0.25, -0.2) is 0 Å². The van der Waals surface area contributed by atoms with Gasteiger partial charge in [0, 0.05) is 16.8 Å². The summed E-state index contributed by atoms with van der Waals surface area (Å²) in [6.45, 7) is 4.92. The molecule has 8 rings (SSSR count). The van der Waals surface area contributed by atoms with E-state index in [1.807, 2.05) is 0 Å². The summed E-state index contributed by atoms with van der Waals surface area (Å²) in [7, 11) is 0. The van der Waals surface area contributed by atoms with E-state index in [2.05, 4.69) is 152 Å². The van der Waals surface area contributed by atoms with Crippen LogP contribution < -0.4 is 21.3 Å². The Bertz CT molecular complexity index is 1900. The Hall–Kier alpha value is -4.56. The fourth-order valence-corrected chi connectivity index (χ4v) is 6.96. The van der Waals surface area contributed by atoms with Gasteiger partial charge in [-0.1, -0.05) is 135 Å². The molecule has 0 amide bonds. The second kappa shape index (κ2) is 8.22. The van der Waals surface area contributed by atoms with Crippen LogP contribution in [0.25, 0.3) is 21.9 Å². The number of benzene rings is 6. The summed E-state index contributed by atoms with van der Waals surface area (Å²) in [4.78, 5) is 2.55. The molecule has 6 aromatic carbocycles. The Labute approximate surface area is 230 Å². The van der Waals surface area contributed by atoms with E-state index >= 15 is 0 Å². The third-order valence-electron chi connectivity index (χ3n) is 8.89. The van der Waals surface area contributed by atoms with Crippen LogP contribution in [0.15, 0.2) is 133 Å². The van der Waals surface area contributed by atoms with Gasteiger partial charge in [0.05, 0.1) is 5.69 Å². The molecule has 0 aliphatic carbocycles. The lowest BCUT2D eigenvalue weighted by Crippen LogP contribution is -2.58. The van der Waals surface area contributed by atoms with Crippen LogP contribution in [0.1, 0.15) is 25.0 Å². The van der Waals surface area contributed by atoms with Crippen LogP contribution in [0.4, 0.5) is 17.1 Å². The molecular weight excluding hydrogens is 469 g/mol. The predicted molar refractivity (Wildman–Crippen MR) is 167 cm³/mol. The van der Waals surface area contributed by atoms with Gasteiger partial charge in [0.2, 0.25) is 6.71 Å². The van der Waals surface area contributed by atoms with Gasteiger partial charge in [-0.3, -0.25) is 0 Å². The Morgan fingerprint density at radius 3 is 2.08 bits per heavy atom. The molecule has 2 heteroatoms. The van der Waals surface area contributed by atoms with E-state index in [1.165, 1.54) is 66.5 Å². The number of hydrogen-bond acceptors (Lipinski definition) is 1. The highest BCUT2D eigenvalue weighted by Crippen LogP contribution is 2.52. The van der Waals surface area contributed by atoms with Gasteiger partial charge in [0.15, 0.2) is 0 Å². The summed E-state index contributed by atoms with van der Waals surface area (Å²) >= 11 is 0. The maximum absolute atomic E-state index is 2.55. The second-order valence-corrected chi connectivity index (χ2v) is 11.4. The van der Waals surface area contributed by atoms with Gasteiger partial charge in [-0.15, -0.1) is 0 Å². The lowest BCUT2D eigenvalue weighted by atomic mass is 9.34. The highest BCUT2D eigenvalue weighted by atomic mass is 15.2.